The smallest absolute Gasteiger partial charge is 0.200 e. The Balaban J connectivity index is 3.08. The number of hydrogen-bond donors (Lipinski definition) is 1. The highest BCUT2D eigenvalue weighted by atomic mass is 19.2. The fourth-order valence-electron chi connectivity index (χ4n) is 1.15. The van der Waals surface area contributed by atoms with Gasteiger partial charge in [0, 0.05) is 6.54 Å². The van der Waals surface area contributed by atoms with Gasteiger partial charge in [-0.15, -0.1) is 0 Å². The van der Waals surface area contributed by atoms with Gasteiger partial charge in [-0.2, -0.15) is 0 Å². The Morgan fingerprint density at radius 1 is 0.812 bits per heavy atom. The second kappa shape index (κ2) is 5.14. The summed E-state index contributed by atoms with van der Waals surface area (Å²) in [6.07, 6.45) is 1.31. The van der Waals surface area contributed by atoms with Crippen molar-refractivity contribution in [3.63, 3.8) is 0 Å². The lowest BCUT2D eigenvalue weighted by atomic mass is 10.2. The van der Waals surface area contributed by atoms with E-state index in [2.05, 4.69) is 5.32 Å². The predicted molar refractivity (Wildman–Crippen MR) is 49.6 cm³/mol. The highest BCUT2D eigenvalue weighted by molar-refractivity contribution is 5.47. The van der Waals surface area contributed by atoms with Crippen molar-refractivity contribution in [3.8, 4) is 0 Å². The van der Waals surface area contributed by atoms with Gasteiger partial charge in [-0.05, 0) is 6.42 Å². The fourth-order valence-corrected chi connectivity index (χ4v) is 1.15. The molecule has 90 valence electrons. The third kappa shape index (κ3) is 2.25. The maximum atomic E-state index is 13.0. The summed E-state index contributed by atoms with van der Waals surface area (Å²) in [5, 5.41) is 2.19. The van der Waals surface area contributed by atoms with Gasteiger partial charge in [-0.3, -0.25) is 0 Å². The van der Waals surface area contributed by atoms with Gasteiger partial charge in [-0.25, -0.2) is 22.0 Å². The maximum Gasteiger partial charge on any atom is 0.200 e. The average molecular weight is 239 g/mol. The summed E-state index contributed by atoms with van der Waals surface area (Å²) >= 11 is 0. The molecular formula is C10H10F5N. The van der Waals surface area contributed by atoms with E-state index in [0.717, 1.165) is 6.42 Å². The van der Waals surface area contributed by atoms with E-state index < -0.39 is 34.8 Å². The first-order valence-electron chi connectivity index (χ1n) is 4.76. The normalized spacial score (nSPS) is 10.6. The van der Waals surface area contributed by atoms with E-state index in [4.69, 9.17) is 0 Å². The number of hydrogen-bond acceptors (Lipinski definition) is 1. The van der Waals surface area contributed by atoms with Crippen molar-refractivity contribution >= 4 is 5.69 Å². The fraction of sp³-hybridized carbons (Fsp3) is 0.400. The van der Waals surface area contributed by atoms with Gasteiger partial charge in [0.05, 0.1) is 0 Å². The Kier molecular flexibility index (Phi) is 4.09. The van der Waals surface area contributed by atoms with Crippen LogP contribution in [0.1, 0.15) is 19.8 Å². The zero-order valence-corrected chi connectivity index (χ0v) is 8.51. The van der Waals surface area contributed by atoms with Crippen LogP contribution in [0, 0.1) is 29.1 Å². The minimum atomic E-state index is -2.14. The van der Waals surface area contributed by atoms with Gasteiger partial charge >= 0.3 is 0 Å². The molecule has 1 aromatic rings. The van der Waals surface area contributed by atoms with E-state index in [1.807, 2.05) is 6.92 Å². The molecule has 6 heteroatoms. The summed E-state index contributed by atoms with van der Waals surface area (Å²) in [6.45, 7) is 1.98. The van der Waals surface area contributed by atoms with Crippen LogP contribution in [-0.4, -0.2) is 6.54 Å². The molecule has 0 aromatic heterocycles. The molecule has 0 aliphatic heterocycles. The number of halogens is 5. The molecule has 0 saturated heterocycles. The van der Waals surface area contributed by atoms with Crippen LogP contribution in [0.2, 0.25) is 0 Å². The molecule has 0 radical (unpaired) electrons. The number of nitrogens with one attached hydrogen (secondary N) is 1. The predicted octanol–water partition coefficient (Wildman–Crippen LogP) is 3.59. The molecule has 1 nitrogen and oxygen atoms in total. The largest absolute Gasteiger partial charge is 0.380 e. The topological polar surface area (TPSA) is 12.0 Å². The highest BCUT2D eigenvalue weighted by Crippen LogP contribution is 2.26. The molecular weight excluding hydrogens is 229 g/mol. The Bertz CT molecular complexity index is 362. The number of anilines is 1. The summed E-state index contributed by atoms with van der Waals surface area (Å²) in [7, 11) is 0. The summed E-state index contributed by atoms with van der Waals surface area (Å²) in [6, 6.07) is 0. The first kappa shape index (κ1) is 12.7. The van der Waals surface area contributed by atoms with E-state index in [-0.39, 0.29) is 6.54 Å². The van der Waals surface area contributed by atoms with Gasteiger partial charge in [0.25, 0.3) is 0 Å². The average Bonchev–Trinajstić information content (AvgIpc) is 2.28. The molecule has 0 aliphatic carbocycles. The number of unbranched alkanes of at least 4 members (excludes halogenated alkanes) is 1. The van der Waals surface area contributed by atoms with Gasteiger partial charge in [0.1, 0.15) is 5.69 Å². The van der Waals surface area contributed by atoms with Crippen molar-refractivity contribution in [2.75, 3.05) is 11.9 Å². The maximum absolute atomic E-state index is 13.0. The monoisotopic (exact) mass is 239 g/mol. The van der Waals surface area contributed by atoms with Crippen LogP contribution in [0.15, 0.2) is 0 Å². The van der Waals surface area contributed by atoms with Crippen molar-refractivity contribution in [3.05, 3.63) is 29.1 Å². The standard InChI is InChI=1S/C10H10F5N/c1-2-3-4-16-10-8(14)6(12)5(11)7(13)9(10)15/h16H,2-4H2,1H3. The zero-order valence-electron chi connectivity index (χ0n) is 8.51. The van der Waals surface area contributed by atoms with Gasteiger partial charge in [0.15, 0.2) is 23.3 Å². The Morgan fingerprint density at radius 3 is 1.69 bits per heavy atom. The second-order valence-electron chi connectivity index (χ2n) is 3.23. The quantitative estimate of drug-likeness (QED) is 0.366. The summed E-state index contributed by atoms with van der Waals surface area (Å²) in [5.74, 6) is -9.66. The molecule has 0 amide bonds. The first-order chi connectivity index (χ1) is 7.50. The summed E-state index contributed by atoms with van der Waals surface area (Å²) < 4.78 is 64.1. The Labute approximate surface area is 89.3 Å². The van der Waals surface area contributed by atoms with Gasteiger partial charge in [-0.1, -0.05) is 13.3 Å². The Hall–Kier alpha value is -1.33. The van der Waals surface area contributed by atoms with Gasteiger partial charge in [0.2, 0.25) is 5.82 Å². The lowest BCUT2D eigenvalue weighted by Gasteiger charge is -2.09. The van der Waals surface area contributed by atoms with E-state index in [9.17, 15) is 22.0 Å². The van der Waals surface area contributed by atoms with Crippen molar-refractivity contribution in [2.45, 2.75) is 19.8 Å². The van der Waals surface area contributed by atoms with E-state index >= 15 is 0 Å². The van der Waals surface area contributed by atoms with Crippen molar-refractivity contribution < 1.29 is 22.0 Å². The van der Waals surface area contributed by atoms with Gasteiger partial charge < -0.3 is 5.32 Å². The lowest BCUT2D eigenvalue weighted by Crippen LogP contribution is -2.10. The zero-order chi connectivity index (χ0) is 12.3. The molecule has 0 heterocycles. The van der Waals surface area contributed by atoms with E-state index in [1.54, 1.807) is 0 Å². The van der Waals surface area contributed by atoms with Crippen molar-refractivity contribution in [1.29, 1.82) is 0 Å². The molecule has 16 heavy (non-hydrogen) atoms. The minimum Gasteiger partial charge on any atom is -0.380 e. The molecule has 0 spiro atoms. The van der Waals surface area contributed by atoms with Crippen molar-refractivity contribution in [1.82, 2.24) is 0 Å². The lowest BCUT2D eigenvalue weighted by molar-refractivity contribution is 0.381. The van der Waals surface area contributed by atoms with Crippen LogP contribution >= 0.6 is 0 Å². The first-order valence-corrected chi connectivity index (χ1v) is 4.76. The van der Waals surface area contributed by atoms with Crippen LogP contribution in [0.25, 0.3) is 0 Å². The van der Waals surface area contributed by atoms with Crippen LogP contribution in [0.3, 0.4) is 0 Å². The molecule has 0 unspecified atom stereocenters. The minimum absolute atomic E-state index is 0.148. The van der Waals surface area contributed by atoms with E-state index in [1.165, 1.54) is 0 Å². The summed E-state index contributed by atoms with van der Waals surface area (Å²) in [5.41, 5.74) is -0.968. The molecule has 0 atom stereocenters. The SMILES string of the molecule is CCCCNc1c(F)c(F)c(F)c(F)c1F. The number of rotatable bonds is 4. The molecule has 0 saturated carbocycles. The molecule has 0 aliphatic rings. The van der Waals surface area contributed by atoms with Crippen molar-refractivity contribution in [2.24, 2.45) is 0 Å². The molecule has 1 N–H and O–H groups in total. The molecule has 0 fully saturated rings. The number of benzene rings is 1. The molecule has 0 bridgehead atoms. The van der Waals surface area contributed by atoms with Crippen LogP contribution in [-0.2, 0) is 0 Å². The highest BCUT2D eigenvalue weighted by Gasteiger charge is 2.25. The molecule has 1 rings (SSSR count). The third-order valence-corrected chi connectivity index (χ3v) is 2.04. The van der Waals surface area contributed by atoms with E-state index in [0.29, 0.717) is 6.42 Å². The van der Waals surface area contributed by atoms with Crippen LogP contribution in [0.5, 0.6) is 0 Å². The molecule has 1 aromatic carbocycles. The second-order valence-corrected chi connectivity index (χ2v) is 3.23. The third-order valence-electron chi connectivity index (χ3n) is 2.04. The van der Waals surface area contributed by atoms with Crippen LogP contribution in [0.4, 0.5) is 27.6 Å². The summed E-state index contributed by atoms with van der Waals surface area (Å²) in [4.78, 5) is 0. The Morgan fingerprint density at radius 2 is 1.25 bits per heavy atom. The van der Waals surface area contributed by atoms with Crippen LogP contribution < -0.4 is 5.32 Å².